The van der Waals surface area contributed by atoms with Gasteiger partial charge in [0.15, 0.2) is 8.32 Å². The molecule has 1 aliphatic rings. The van der Waals surface area contributed by atoms with E-state index < -0.39 is 14.3 Å². The van der Waals surface area contributed by atoms with E-state index >= 15 is 0 Å². The lowest BCUT2D eigenvalue weighted by atomic mass is 10.1. The molecule has 0 saturated heterocycles. The molecule has 0 amide bonds. The van der Waals surface area contributed by atoms with Gasteiger partial charge in [-0.15, -0.1) is 0 Å². The lowest BCUT2D eigenvalue weighted by Gasteiger charge is -2.35. The Bertz CT molecular complexity index is 870. The SMILES string of the molecule is CC(C)(C)[Si](C)(C)OCC=Cc1cccc2cc(C(=O)O)n(CC3CC3)c12. The van der Waals surface area contributed by atoms with Gasteiger partial charge in [0.25, 0.3) is 0 Å². The number of hydrogen-bond acceptors (Lipinski definition) is 2. The number of nitrogens with zero attached hydrogens (tertiary/aromatic N) is 1. The quantitative estimate of drug-likeness (QED) is 0.614. The van der Waals surface area contributed by atoms with Gasteiger partial charge in [0, 0.05) is 11.9 Å². The number of carbonyl (C=O) groups is 1. The minimum Gasteiger partial charge on any atom is -0.477 e. The summed E-state index contributed by atoms with van der Waals surface area (Å²) in [6, 6.07) is 7.84. The van der Waals surface area contributed by atoms with E-state index in [4.69, 9.17) is 4.43 Å². The number of para-hydroxylation sites is 1. The van der Waals surface area contributed by atoms with Crippen LogP contribution >= 0.6 is 0 Å². The van der Waals surface area contributed by atoms with Crippen molar-refractivity contribution in [1.29, 1.82) is 0 Å². The summed E-state index contributed by atoms with van der Waals surface area (Å²) in [5.74, 6) is -0.249. The third-order valence-corrected chi connectivity index (χ3v) is 10.5. The van der Waals surface area contributed by atoms with Crippen molar-refractivity contribution in [3.8, 4) is 0 Å². The minimum absolute atomic E-state index is 0.191. The average molecular weight is 386 g/mol. The number of aromatic carboxylic acids is 1. The molecule has 2 aromatic rings. The second-order valence-corrected chi connectivity index (χ2v) is 14.0. The van der Waals surface area contributed by atoms with Crippen LogP contribution in [0.2, 0.25) is 18.1 Å². The van der Waals surface area contributed by atoms with Gasteiger partial charge < -0.3 is 14.1 Å². The molecule has 1 fully saturated rings. The molecule has 4 nitrogen and oxygen atoms in total. The highest BCUT2D eigenvalue weighted by molar-refractivity contribution is 6.74. The van der Waals surface area contributed by atoms with Crippen LogP contribution in [0.4, 0.5) is 0 Å². The highest BCUT2D eigenvalue weighted by atomic mass is 28.4. The van der Waals surface area contributed by atoms with Gasteiger partial charge in [-0.25, -0.2) is 4.79 Å². The van der Waals surface area contributed by atoms with Crippen LogP contribution in [-0.2, 0) is 11.0 Å². The second-order valence-electron chi connectivity index (χ2n) is 9.15. The summed E-state index contributed by atoms with van der Waals surface area (Å²) < 4.78 is 8.22. The van der Waals surface area contributed by atoms with E-state index in [1.54, 1.807) is 6.07 Å². The molecular weight excluding hydrogens is 354 g/mol. The first-order valence-electron chi connectivity index (χ1n) is 9.76. The van der Waals surface area contributed by atoms with Gasteiger partial charge in [0.2, 0.25) is 0 Å². The highest BCUT2D eigenvalue weighted by Gasteiger charge is 2.36. The Morgan fingerprint density at radius 2 is 2.04 bits per heavy atom. The number of carboxylic acid groups (broad SMARTS) is 1. The topological polar surface area (TPSA) is 51.5 Å². The summed E-state index contributed by atoms with van der Waals surface area (Å²) in [4.78, 5) is 11.7. The van der Waals surface area contributed by atoms with Crippen LogP contribution in [0, 0.1) is 5.92 Å². The lowest BCUT2D eigenvalue weighted by Crippen LogP contribution is -2.40. The van der Waals surface area contributed by atoms with E-state index in [1.807, 2.05) is 16.7 Å². The Kier molecular flexibility index (Phi) is 5.37. The first-order valence-corrected chi connectivity index (χ1v) is 12.7. The molecule has 1 heterocycles. The first-order chi connectivity index (χ1) is 12.6. The normalized spacial score (nSPS) is 15.7. The van der Waals surface area contributed by atoms with E-state index in [2.05, 4.69) is 52.1 Å². The smallest absolute Gasteiger partial charge is 0.352 e. The van der Waals surface area contributed by atoms with Crippen LogP contribution in [0.15, 0.2) is 30.3 Å². The summed E-state index contributed by atoms with van der Waals surface area (Å²) in [6.45, 7) is 12.6. The fourth-order valence-corrected chi connectivity index (χ4v) is 4.01. The molecule has 27 heavy (non-hydrogen) atoms. The van der Waals surface area contributed by atoms with Gasteiger partial charge in [-0.05, 0) is 48.5 Å². The summed E-state index contributed by atoms with van der Waals surface area (Å²) in [6.07, 6.45) is 6.52. The van der Waals surface area contributed by atoms with Gasteiger partial charge in [-0.1, -0.05) is 51.1 Å². The number of benzene rings is 1. The molecule has 0 bridgehead atoms. The van der Waals surface area contributed by atoms with Crippen molar-refractivity contribution in [3.63, 3.8) is 0 Å². The van der Waals surface area contributed by atoms with Crippen LogP contribution in [0.25, 0.3) is 17.0 Å². The standard InChI is InChI=1S/C22H31NO3Si/c1-22(2,3)27(4,5)26-13-7-10-17-8-6-9-18-14-19(21(24)25)23(20(17)18)15-16-11-12-16/h6-10,14,16H,11-13,15H2,1-5H3,(H,24,25). The van der Waals surface area contributed by atoms with Crippen molar-refractivity contribution >= 4 is 31.3 Å². The van der Waals surface area contributed by atoms with E-state index in [9.17, 15) is 9.90 Å². The van der Waals surface area contributed by atoms with Crippen molar-refractivity contribution in [3.05, 3.63) is 41.6 Å². The molecule has 1 aliphatic carbocycles. The summed E-state index contributed by atoms with van der Waals surface area (Å²) in [7, 11) is -1.77. The zero-order chi connectivity index (χ0) is 19.8. The third-order valence-electron chi connectivity index (χ3n) is 5.95. The van der Waals surface area contributed by atoms with Crippen LogP contribution in [0.1, 0.15) is 49.7 Å². The Labute approximate surface area is 163 Å². The van der Waals surface area contributed by atoms with Crippen LogP contribution in [-0.4, -0.2) is 30.6 Å². The molecule has 5 heteroatoms. The molecule has 0 atom stereocenters. The van der Waals surface area contributed by atoms with Crippen molar-refractivity contribution in [2.75, 3.05) is 6.61 Å². The monoisotopic (exact) mass is 385 g/mol. The average Bonchev–Trinajstić information content (AvgIpc) is 3.30. The van der Waals surface area contributed by atoms with Crippen LogP contribution < -0.4 is 0 Å². The zero-order valence-electron chi connectivity index (χ0n) is 17.1. The molecule has 146 valence electrons. The molecule has 0 aliphatic heterocycles. The molecule has 1 saturated carbocycles. The minimum atomic E-state index is -1.77. The predicted octanol–water partition coefficient (Wildman–Crippen LogP) is 5.78. The maximum absolute atomic E-state index is 11.7. The van der Waals surface area contributed by atoms with Crippen LogP contribution in [0.3, 0.4) is 0 Å². The number of aromatic nitrogens is 1. The highest BCUT2D eigenvalue weighted by Crippen LogP contribution is 2.37. The first kappa shape index (κ1) is 19.9. The predicted molar refractivity (Wildman–Crippen MR) is 114 cm³/mol. The summed E-state index contributed by atoms with van der Waals surface area (Å²) in [5, 5.41) is 10.8. The van der Waals surface area contributed by atoms with Gasteiger partial charge in [-0.3, -0.25) is 0 Å². The van der Waals surface area contributed by atoms with Gasteiger partial charge in [-0.2, -0.15) is 0 Å². The fraction of sp³-hybridized carbons (Fsp3) is 0.500. The molecule has 1 aromatic carbocycles. The van der Waals surface area contributed by atoms with E-state index in [-0.39, 0.29) is 5.04 Å². The molecule has 1 N–H and O–H groups in total. The summed E-state index contributed by atoms with van der Waals surface area (Å²) in [5.41, 5.74) is 2.46. The number of rotatable bonds is 7. The van der Waals surface area contributed by atoms with E-state index in [1.165, 1.54) is 12.8 Å². The molecule has 1 aromatic heterocycles. The van der Waals surface area contributed by atoms with Gasteiger partial charge in [0.05, 0.1) is 12.1 Å². The maximum Gasteiger partial charge on any atom is 0.352 e. The zero-order valence-corrected chi connectivity index (χ0v) is 18.1. The fourth-order valence-electron chi connectivity index (χ4n) is 3.06. The Morgan fingerprint density at radius 3 is 2.63 bits per heavy atom. The van der Waals surface area contributed by atoms with E-state index in [0.717, 1.165) is 23.0 Å². The number of carboxylic acids is 1. The van der Waals surface area contributed by atoms with Crippen molar-refractivity contribution in [2.45, 2.75) is 58.3 Å². The summed E-state index contributed by atoms with van der Waals surface area (Å²) >= 11 is 0. The maximum atomic E-state index is 11.7. The van der Waals surface area contributed by atoms with Crippen molar-refractivity contribution < 1.29 is 14.3 Å². The molecular formula is C22H31NO3Si. The van der Waals surface area contributed by atoms with E-state index in [0.29, 0.717) is 18.2 Å². The Morgan fingerprint density at radius 1 is 1.33 bits per heavy atom. The second kappa shape index (κ2) is 7.28. The van der Waals surface area contributed by atoms with Gasteiger partial charge in [0.1, 0.15) is 5.69 Å². The lowest BCUT2D eigenvalue weighted by molar-refractivity contribution is 0.0685. The molecule has 0 spiro atoms. The Balaban J connectivity index is 1.87. The number of fused-ring (bicyclic) bond motifs is 1. The molecule has 3 rings (SSSR count). The van der Waals surface area contributed by atoms with Crippen molar-refractivity contribution in [1.82, 2.24) is 4.57 Å². The number of hydrogen-bond donors (Lipinski definition) is 1. The largest absolute Gasteiger partial charge is 0.477 e. The van der Waals surface area contributed by atoms with Gasteiger partial charge >= 0.3 is 5.97 Å². The van der Waals surface area contributed by atoms with Crippen molar-refractivity contribution in [2.24, 2.45) is 5.92 Å². The molecule has 0 radical (unpaired) electrons. The Hall–Kier alpha value is -1.85. The third kappa shape index (κ3) is 4.36. The molecule has 0 unspecified atom stereocenters. The van der Waals surface area contributed by atoms with Crippen LogP contribution in [0.5, 0.6) is 0 Å².